The molecule has 0 saturated carbocycles. The zero-order valence-corrected chi connectivity index (χ0v) is 23.3. The van der Waals surface area contributed by atoms with Crippen molar-refractivity contribution in [1.29, 1.82) is 0 Å². The predicted octanol–water partition coefficient (Wildman–Crippen LogP) is -1.34. The molecule has 2 fully saturated rings. The van der Waals surface area contributed by atoms with Crippen molar-refractivity contribution in [3.8, 4) is 28.7 Å². The Morgan fingerprint density at radius 3 is 2.12 bits per heavy atom. The zero-order valence-electron chi connectivity index (χ0n) is 23.3. The van der Waals surface area contributed by atoms with Gasteiger partial charge in [-0.1, -0.05) is 6.07 Å². The van der Waals surface area contributed by atoms with Crippen LogP contribution in [0.3, 0.4) is 0 Å². The van der Waals surface area contributed by atoms with E-state index in [0.717, 1.165) is 12.1 Å². The molecule has 0 aliphatic carbocycles. The van der Waals surface area contributed by atoms with Crippen LogP contribution in [-0.4, -0.2) is 127 Å². The van der Waals surface area contributed by atoms with E-state index in [1.54, 1.807) is 6.07 Å². The molecule has 0 spiro atoms. The molecule has 15 heteroatoms. The number of hydrogen-bond donors (Lipinski definition) is 9. The maximum atomic E-state index is 12.9. The fourth-order valence-electron chi connectivity index (χ4n) is 4.98. The van der Waals surface area contributed by atoms with E-state index < -0.39 is 90.9 Å². The van der Waals surface area contributed by atoms with E-state index in [1.165, 1.54) is 26.2 Å². The standard InChI is InChI=1S/C28H36O15/c1-11-21(34)23(36)26(28(40-11)43-25-24(37)22(35)19(10-29)42-27(25)38)41-13-8-16(32)20(17(33)9-13)14(30)5-3-12-4-6-18(39-2)15(31)7-12/h4,6-9,11,19,21-29,31-38H,3,5,10H2,1-2H3/t11-,19+,21-,22+,23+,24-,25+,26+,27-,28-/m0/s1. The van der Waals surface area contributed by atoms with Crippen molar-refractivity contribution in [3.05, 3.63) is 41.5 Å². The van der Waals surface area contributed by atoms with Gasteiger partial charge in [0.15, 0.2) is 36.0 Å². The number of Topliss-reactive ketones (excluding diaryl/α,β-unsaturated/α-hetero) is 1. The Bertz CT molecular complexity index is 1250. The lowest BCUT2D eigenvalue weighted by molar-refractivity contribution is -0.356. The van der Waals surface area contributed by atoms with Gasteiger partial charge in [0.05, 0.1) is 19.8 Å². The Balaban J connectivity index is 1.50. The maximum absolute atomic E-state index is 12.9. The largest absolute Gasteiger partial charge is 0.507 e. The first-order valence-corrected chi connectivity index (χ1v) is 13.5. The molecule has 2 aromatic carbocycles. The highest BCUT2D eigenvalue weighted by molar-refractivity contribution is 6.01. The summed E-state index contributed by atoms with van der Waals surface area (Å²) in [7, 11) is 1.40. The number of aliphatic hydroxyl groups excluding tert-OH is 6. The number of carbonyl (C=O) groups is 1. The summed E-state index contributed by atoms with van der Waals surface area (Å²) in [6.07, 6.45) is -15.5. The first-order valence-electron chi connectivity index (χ1n) is 13.5. The van der Waals surface area contributed by atoms with E-state index in [9.17, 15) is 50.8 Å². The molecule has 238 valence electrons. The number of benzene rings is 2. The minimum Gasteiger partial charge on any atom is -0.507 e. The van der Waals surface area contributed by atoms with E-state index in [1.807, 2.05) is 0 Å². The van der Waals surface area contributed by atoms with Gasteiger partial charge in [-0.15, -0.1) is 0 Å². The number of aliphatic hydroxyl groups is 6. The van der Waals surface area contributed by atoms with Crippen LogP contribution in [0.2, 0.25) is 0 Å². The monoisotopic (exact) mass is 612 g/mol. The molecule has 4 rings (SSSR count). The first kappa shape index (κ1) is 32.7. The molecule has 9 N–H and O–H groups in total. The Morgan fingerprint density at radius 1 is 0.860 bits per heavy atom. The molecule has 0 radical (unpaired) electrons. The van der Waals surface area contributed by atoms with Crippen molar-refractivity contribution in [3.63, 3.8) is 0 Å². The lowest BCUT2D eigenvalue weighted by Crippen LogP contribution is -2.64. The third-order valence-electron chi connectivity index (χ3n) is 7.42. The summed E-state index contributed by atoms with van der Waals surface area (Å²) in [6, 6.07) is 6.59. The highest BCUT2D eigenvalue weighted by atomic mass is 16.7. The van der Waals surface area contributed by atoms with E-state index in [0.29, 0.717) is 5.56 Å². The zero-order chi connectivity index (χ0) is 31.6. The van der Waals surface area contributed by atoms with Crippen molar-refractivity contribution < 1.29 is 74.4 Å². The van der Waals surface area contributed by atoms with Crippen molar-refractivity contribution >= 4 is 5.78 Å². The fraction of sp³-hybridized carbons (Fsp3) is 0.536. The van der Waals surface area contributed by atoms with Gasteiger partial charge in [-0.25, -0.2) is 0 Å². The number of ketones is 1. The second-order valence-electron chi connectivity index (χ2n) is 10.4. The molecule has 2 aliphatic heterocycles. The smallest absolute Gasteiger partial charge is 0.198 e. The number of phenolic OH excluding ortho intramolecular Hbond substituents is 3. The summed E-state index contributed by atoms with van der Waals surface area (Å²) in [6.45, 7) is 0.707. The molecule has 2 aromatic rings. The molecule has 0 unspecified atom stereocenters. The summed E-state index contributed by atoms with van der Waals surface area (Å²) >= 11 is 0. The third-order valence-corrected chi connectivity index (χ3v) is 7.42. The van der Waals surface area contributed by atoms with Gasteiger partial charge < -0.3 is 69.6 Å². The van der Waals surface area contributed by atoms with Crippen molar-refractivity contribution in [1.82, 2.24) is 0 Å². The molecule has 43 heavy (non-hydrogen) atoms. The first-order chi connectivity index (χ1) is 20.4. The number of phenols is 3. The van der Waals surface area contributed by atoms with E-state index in [2.05, 4.69) is 0 Å². The number of methoxy groups -OCH3 is 1. The summed E-state index contributed by atoms with van der Waals surface area (Å²) in [4.78, 5) is 12.9. The average molecular weight is 613 g/mol. The van der Waals surface area contributed by atoms with E-state index in [4.69, 9.17) is 23.7 Å². The molecule has 15 nitrogen and oxygen atoms in total. The Hall–Kier alpha value is -3.25. The number of ether oxygens (including phenoxy) is 5. The number of rotatable bonds is 10. The van der Waals surface area contributed by atoms with Gasteiger partial charge in [0.25, 0.3) is 0 Å². The van der Waals surface area contributed by atoms with Crippen LogP contribution in [0.4, 0.5) is 0 Å². The molecule has 0 aromatic heterocycles. The van der Waals surface area contributed by atoms with Gasteiger partial charge in [-0.3, -0.25) is 4.79 Å². The molecule has 10 atom stereocenters. The second kappa shape index (κ2) is 13.6. The van der Waals surface area contributed by atoms with Crippen LogP contribution < -0.4 is 9.47 Å². The van der Waals surface area contributed by atoms with Crippen LogP contribution >= 0.6 is 0 Å². The minimum atomic E-state index is -1.83. The van der Waals surface area contributed by atoms with Crippen LogP contribution in [0.15, 0.2) is 30.3 Å². The molecule has 2 saturated heterocycles. The lowest BCUT2D eigenvalue weighted by atomic mass is 9.97. The van der Waals surface area contributed by atoms with Gasteiger partial charge in [0.1, 0.15) is 59.4 Å². The lowest BCUT2D eigenvalue weighted by Gasteiger charge is -2.45. The number of carbonyl (C=O) groups excluding carboxylic acids is 1. The fourth-order valence-corrected chi connectivity index (χ4v) is 4.98. The summed E-state index contributed by atoms with van der Waals surface area (Å²) in [5.41, 5.74) is 0.207. The van der Waals surface area contributed by atoms with Crippen LogP contribution in [0.5, 0.6) is 28.7 Å². The normalized spacial score (nSPS) is 32.7. The summed E-state index contributed by atoms with van der Waals surface area (Å²) < 4.78 is 27.0. The van der Waals surface area contributed by atoms with Crippen LogP contribution in [-0.2, 0) is 20.6 Å². The Kier molecular flexibility index (Phi) is 10.3. The maximum Gasteiger partial charge on any atom is 0.198 e. The SMILES string of the molecule is COc1ccc(CCC(=O)c2c(O)cc(O[C@H]3[C@H](O[C@@H]4[C@@H](O)[C@H](O)[C@@H](CO)O[C@@H]4O)O[C@@H](C)[C@H](O)[C@H]3O)cc2O)cc1O. The van der Waals surface area contributed by atoms with Gasteiger partial charge in [-0.05, 0) is 31.0 Å². The molecular weight excluding hydrogens is 576 g/mol. The molecule has 0 bridgehead atoms. The van der Waals surface area contributed by atoms with Gasteiger partial charge in [-0.2, -0.15) is 0 Å². The van der Waals surface area contributed by atoms with Crippen LogP contribution in [0.1, 0.15) is 29.3 Å². The van der Waals surface area contributed by atoms with Crippen LogP contribution in [0.25, 0.3) is 0 Å². The molecular formula is C28H36O15. The molecule has 2 heterocycles. The predicted molar refractivity (Wildman–Crippen MR) is 143 cm³/mol. The highest BCUT2D eigenvalue weighted by Gasteiger charge is 2.51. The number of aromatic hydroxyl groups is 3. The van der Waals surface area contributed by atoms with E-state index in [-0.39, 0.29) is 30.1 Å². The Labute approximate surface area is 245 Å². The van der Waals surface area contributed by atoms with Crippen molar-refractivity contribution in [2.75, 3.05) is 13.7 Å². The van der Waals surface area contributed by atoms with Gasteiger partial charge in [0, 0.05) is 18.6 Å². The third kappa shape index (κ3) is 6.95. The number of hydrogen-bond acceptors (Lipinski definition) is 15. The molecule has 2 aliphatic rings. The average Bonchev–Trinajstić information content (AvgIpc) is 2.96. The Morgan fingerprint density at radius 2 is 1.51 bits per heavy atom. The van der Waals surface area contributed by atoms with Gasteiger partial charge >= 0.3 is 0 Å². The quantitative estimate of drug-likeness (QED) is 0.141. The second-order valence-corrected chi connectivity index (χ2v) is 10.4. The topological polar surface area (TPSA) is 245 Å². The van der Waals surface area contributed by atoms with Crippen molar-refractivity contribution in [2.24, 2.45) is 0 Å². The van der Waals surface area contributed by atoms with E-state index >= 15 is 0 Å². The van der Waals surface area contributed by atoms with Gasteiger partial charge in [0.2, 0.25) is 0 Å². The molecule has 0 amide bonds. The van der Waals surface area contributed by atoms with Crippen LogP contribution in [0, 0.1) is 0 Å². The van der Waals surface area contributed by atoms with Crippen molar-refractivity contribution in [2.45, 2.75) is 81.2 Å². The summed E-state index contributed by atoms with van der Waals surface area (Å²) in [5.74, 6) is -2.04. The highest BCUT2D eigenvalue weighted by Crippen LogP contribution is 2.37. The number of aryl methyl sites for hydroxylation is 1. The summed E-state index contributed by atoms with van der Waals surface area (Å²) in [5, 5.41) is 92.5. The minimum absolute atomic E-state index is 0.110.